The van der Waals surface area contributed by atoms with Crippen molar-refractivity contribution in [3.8, 4) is 17.1 Å². The molecule has 0 saturated carbocycles. The van der Waals surface area contributed by atoms with Crippen LogP contribution in [0.2, 0.25) is 5.02 Å². The first kappa shape index (κ1) is 20.0. The normalized spacial score (nSPS) is 15.2. The molecule has 40 heavy (non-hydrogen) atoms. The van der Waals surface area contributed by atoms with E-state index in [1.54, 1.807) is 54.6 Å². The molecule has 0 spiro atoms. The average Bonchev–Trinajstić information content (AvgIpc) is 3.48. The van der Waals surface area contributed by atoms with E-state index in [1.165, 1.54) is 24.5 Å². The van der Waals surface area contributed by atoms with Crippen LogP contribution in [0, 0.1) is 5.82 Å². The van der Waals surface area contributed by atoms with E-state index in [2.05, 4.69) is 20.6 Å². The van der Waals surface area contributed by atoms with Crippen molar-refractivity contribution in [3.05, 3.63) is 101 Å². The maximum absolute atomic E-state index is 13.5. The quantitative estimate of drug-likeness (QED) is 0.190. The number of furan rings is 1. The molecule has 0 atom stereocenters. The molecule has 0 saturated heterocycles. The molecule has 0 amide bonds. The summed E-state index contributed by atoms with van der Waals surface area (Å²) in [5, 5.41) is 6.26. The Morgan fingerprint density at radius 2 is 2.00 bits per heavy atom. The number of aromatic nitrogens is 2. The maximum Gasteiger partial charge on any atom is 0.148 e. The van der Waals surface area contributed by atoms with Crippen molar-refractivity contribution in [2.24, 2.45) is 0 Å². The Morgan fingerprint density at radius 1 is 1.10 bits per heavy atom. The molecule has 8 nitrogen and oxygen atoms in total. The minimum atomic E-state index is -5.52. The Bertz CT molecular complexity index is 2040. The van der Waals surface area contributed by atoms with Gasteiger partial charge in [-0.2, -0.15) is 0 Å². The Balaban J connectivity index is 1.31. The van der Waals surface area contributed by atoms with Gasteiger partial charge >= 0.3 is 0 Å². The van der Waals surface area contributed by atoms with Crippen LogP contribution in [-0.4, -0.2) is 36.8 Å². The summed E-state index contributed by atoms with van der Waals surface area (Å²) in [5.41, 5.74) is -1.34. The molecular formula is C29H26ClFN4O4S. The number of halogens is 2. The highest BCUT2D eigenvalue weighted by atomic mass is 35.5. The fourth-order valence-electron chi connectivity index (χ4n) is 3.79. The first-order chi connectivity index (χ1) is 22.0. The number of fused-ring (bicyclic) bond motifs is 1. The summed E-state index contributed by atoms with van der Waals surface area (Å²) in [5.74, 6) is 0.961. The number of benzene rings is 3. The first-order valence-corrected chi connectivity index (χ1v) is 13.6. The minimum Gasteiger partial charge on any atom is -0.487 e. The third kappa shape index (κ3) is 7.15. The Labute approximate surface area is 245 Å². The SMILES string of the molecule is [2H]C([2H])(NCc1ccc(-c2ccc3ncnc(Nc4ccc(OCc5cccc(F)c5)c(Cl)c4)c3c2)o1)C([2H])([2H])S(=O)(=O)C([2H])([2H])[2H]. The lowest BCUT2D eigenvalue weighted by atomic mass is 10.1. The van der Waals surface area contributed by atoms with Gasteiger partial charge in [0.1, 0.15) is 51.7 Å². The van der Waals surface area contributed by atoms with E-state index in [-0.39, 0.29) is 18.2 Å². The first-order valence-electron chi connectivity index (χ1n) is 15.3. The van der Waals surface area contributed by atoms with Gasteiger partial charge in [0.25, 0.3) is 0 Å². The molecule has 0 radical (unpaired) electrons. The molecule has 0 fully saturated rings. The van der Waals surface area contributed by atoms with Crippen LogP contribution in [0.25, 0.3) is 22.2 Å². The van der Waals surface area contributed by atoms with Gasteiger partial charge in [0.15, 0.2) is 0 Å². The van der Waals surface area contributed by atoms with E-state index in [9.17, 15) is 12.8 Å². The standard InChI is InChI=1S/C29H26ClFN4O4S/c1-40(36,37)12-11-32-16-23-7-10-27(39-23)20-5-8-26-24(14-20)29(34-18-33-26)35-22-6-9-28(25(30)15-22)38-17-19-3-2-4-21(31)13-19/h2-10,13-15,18,32H,11-12,16-17H2,1H3,(H,33,34,35)/i1D3,11D2,12D2. The van der Waals surface area contributed by atoms with Crippen LogP contribution in [0.4, 0.5) is 15.9 Å². The molecule has 2 aromatic heterocycles. The van der Waals surface area contributed by atoms with Crippen molar-refractivity contribution in [2.75, 3.05) is 23.7 Å². The zero-order valence-electron chi connectivity index (χ0n) is 27.6. The van der Waals surface area contributed by atoms with Crippen molar-refractivity contribution in [3.63, 3.8) is 0 Å². The predicted molar refractivity (Wildman–Crippen MR) is 154 cm³/mol. The van der Waals surface area contributed by atoms with Gasteiger partial charge in [0.05, 0.1) is 22.8 Å². The largest absolute Gasteiger partial charge is 0.487 e. The number of ether oxygens (including phenoxy) is 1. The Morgan fingerprint density at radius 3 is 2.83 bits per heavy atom. The molecule has 0 aliphatic heterocycles. The lowest BCUT2D eigenvalue weighted by molar-refractivity contribution is 0.306. The maximum atomic E-state index is 13.5. The molecule has 0 aliphatic rings. The molecule has 2 N–H and O–H groups in total. The Hall–Kier alpha value is -3.99. The zero-order chi connectivity index (χ0) is 34.2. The smallest absolute Gasteiger partial charge is 0.148 e. The van der Waals surface area contributed by atoms with Crippen molar-refractivity contribution in [2.45, 2.75) is 13.2 Å². The predicted octanol–water partition coefficient (Wildman–Crippen LogP) is 6.14. The Kier molecular flexibility index (Phi) is 6.01. The lowest BCUT2D eigenvalue weighted by Crippen LogP contribution is -2.21. The van der Waals surface area contributed by atoms with Crippen LogP contribution in [0.5, 0.6) is 5.75 Å². The van der Waals surface area contributed by atoms with E-state index in [0.717, 1.165) is 0 Å². The van der Waals surface area contributed by atoms with Crippen LogP contribution in [0.1, 0.15) is 20.9 Å². The second-order valence-electron chi connectivity index (χ2n) is 8.49. The van der Waals surface area contributed by atoms with Gasteiger partial charge in [0, 0.05) is 38.9 Å². The summed E-state index contributed by atoms with van der Waals surface area (Å²) in [7, 11) is -5.52. The van der Waals surface area contributed by atoms with E-state index < -0.39 is 34.8 Å². The molecule has 206 valence electrons. The fourth-order valence-corrected chi connectivity index (χ4v) is 4.23. The number of rotatable bonds is 11. The molecule has 3 aromatic carbocycles. The van der Waals surface area contributed by atoms with Gasteiger partial charge in [-0.25, -0.2) is 22.8 Å². The summed E-state index contributed by atoms with van der Waals surface area (Å²) in [6.07, 6.45) is -2.37. The minimum absolute atomic E-state index is 0.128. The number of nitrogens with one attached hydrogen (secondary N) is 2. The highest BCUT2D eigenvalue weighted by molar-refractivity contribution is 7.90. The van der Waals surface area contributed by atoms with Crippen LogP contribution in [0.15, 0.2) is 83.5 Å². The molecule has 5 aromatic rings. The van der Waals surface area contributed by atoms with Crippen LogP contribution in [0.3, 0.4) is 0 Å². The topological polar surface area (TPSA) is 106 Å². The van der Waals surface area contributed by atoms with Gasteiger partial charge in [-0.15, -0.1) is 0 Å². The second kappa shape index (κ2) is 12.0. The van der Waals surface area contributed by atoms with Crippen molar-refractivity contribution in [1.82, 2.24) is 15.3 Å². The third-order valence-corrected chi connectivity index (χ3v) is 6.26. The van der Waals surface area contributed by atoms with Crippen molar-refractivity contribution in [1.29, 1.82) is 0 Å². The number of sulfone groups is 1. The number of anilines is 2. The van der Waals surface area contributed by atoms with E-state index in [4.69, 9.17) is 30.4 Å². The monoisotopic (exact) mass is 587 g/mol. The van der Waals surface area contributed by atoms with Crippen molar-refractivity contribution >= 4 is 43.8 Å². The van der Waals surface area contributed by atoms with Gasteiger partial charge in [-0.05, 0) is 66.2 Å². The summed E-state index contributed by atoms with van der Waals surface area (Å²) in [6.45, 7) is -3.60. The summed E-state index contributed by atoms with van der Waals surface area (Å²) in [4.78, 5) is 8.66. The molecule has 0 unspecified atom stereocenters. The van der Waals surface area contributed by atoms with Gasteiger partial charge < -0.3 is 19.8 Å². The van der Waals surface area contributed by atoms with Crippen molar-refractivity contribution < 1.29 is 31.6 Å². The van der Waals surface area contributed by atoms with Crippen LogP contribution in [-0.2, 0) is 23.0 Å². The fraction of sp³-hybridized carbons (Fsp3) is 0.172. The van der Waals surface area contributed by atoms with Gasteiger partial charge in [-0.3, -0.25) is 0 Å². The number of hydrogen-bond donors (Lipinski definition) is 2. The lowest BCUT2D eigenvalue weighted by Gasteiger charge is -2.12. The van der Waals surface area contributed by atoms with E-state index in [1.807, 2.05) is 0 Å². The molecular weight excluding hydrogens is 555 g/mol. The second-order valence-corrected chi connectivity index (χ2v) is 10.1. The molecule has 0 bridgehead atoms. The highest BCUT2D eigenvalue weighted by Gasteiger charge is 2.11. The van der Waals surface area contributed by atoms with Crippen LogP contribution < -0.4 is 15.4 Å². The summed E-state index contributed by atoms with van der Waals surface area (Å²) < 4.78 is 102. The number of nitrogens with zero attached hydrogens (tertiary/aromatic N) is 2. The summed E-state index contributed by atoms with van der Waals surface area (Å²) in [6, 6.07) is 19.4. The third-order valence-electron chi connectivity index (χ3n) is 5.60. The number of hydrogen-bond acceptors (Lipinski definition) is 8. The average molecular weight is 588 g/mol. The molecule has 2 heterocycles. The highest BCUT2D eigenvalue weighted by Crippen LogP contribution is 2.32. The van der Waals surface area contributed by atoms with Crippen LogP contribution >= 0.6 is 11.6 Å². The molecule has 5 rings (SSSR count). The molecule has 11 heteroatoms. The zero-order valence-corrected chi connectivity index (χ0v) is 22.2. The van der Waals surface area contributed by atoms with Gasteiger partial charge in [-0.1, -0.05) is 23.7 Å². The van der Waals surface area contributed by atoms with E-state index in [0.29, 0.717) is 50.1 Å². The molecule has 0 aliphatic carbocycles. The van der Waals surface area contributed by atoms with E-state index >= 15 is 0 Å². The van der Waals surface area contributed by atoms with Gasteiger partial charge in [0.2, 0.25) is 0 Å². The summed E-state index contributed by atoms with van der Waals surface area (Å²) >= 11 is 6.45.